The van der Waals surface area contributed by atoms with Gasteiger partial charge in [-0.05, 0) is 24.3 Å². The van der Waals surface area contributed by atoms with Gasteiger partial charge in [-0.2, -0.15) is 0 Å². The topological polar surface area (TPSA) is 60.9 Å². The third kappa shape index (κ3) is 3.94. The van der Waals surface area contributed by atoms with Crippen molar-refractivity contribution in [3.63, 3.8) is 0 Å². The molecule has 0 atom stereocenters. The number of phenolic OH excluding ortho intramolecular Hbond substituents is 1. The molecule has 1 saturated heterocycles. The fraction of sp³-hybridized carbons (Fsp3) is 0.200. The molecule has 2 aromatic rings. The SMILES string of the molecule is C=CC(=O)N1CCN(C(=O)c2cc(O)c(Cl)c(-c3ccccc3Cl)c2)CC1. The van der Waals surface area contributed by atoms with Crippen LogP contribution in [0.3, 0.4) is 0 Å². The van der Waals surface area contributed by atoms with Crippen LogP contribution in [0.15, 0.2) is 49.1 Å². The number of hydrogen-bond donors (Lipinski definition) is 1. The molecule has 27 heavy (non-hydrogen) atoms. The summed E-state index contributed by atoms with van der Waals surface area (Å²) in [5, 5.41) is 10.8. The Labute approximate surface area is 167 Å². The monoisotopic (exact) mass is 404 g/mol. The van der Waals surface area contributed by atoms with Gasteiger partial charge in [-0.15, -0.1) is 0 Å². The van der Waals surface area contributed by atoms with Crippen LogP contribution in [0, 0.1) is 0 Å². The highest BCUT2D eigenvalue weighted by molar-refractivity contribution is 6.37. The van der Waals surface area contributed by atoms with E-state index >= 15 is 0 Å². The molecule has 0 spiro atoms. The van der Waals surface area contributed by atoms with Gasteiger partial charge in [0.1, 0.15) is 5.75 Å². The van der Waals surface area contributed by atoms with E-state index in [4.69, 9.17) is 23.2 Å². The van der Waals surface area contributed by atoms with Crippen molar-refractivity contribution >= 4 is 35.0 Å². The van der Waals surface area contributed by atoms with Crippen molar-refractivity contribution in [1.82, 2.24) is 9.80 Å². The Kier molecular flexibility index (Phi) is 5.73. The number of nitrogens with zero attached hydrogens (tertiary/aromatic N) is 2. The van der Waals surface area contributed by atoms with E-state index in [0.29, 0.717) is 47.9 Å². The zero-order valence-electron chi connectivity index (χ0n) is 14.5. The van der Waals surface area contributed by atoms with Crippen LogP contribution in [-0.2, 0) is 4.79 Å². The second-order valence-electron chi connectivity index (χ2n) is 6.16. The Balaban J connectivity index is 1.87. The number of benzene rings is 2. The fourth-order valence-corrected chi connectivity index (χ4v) is 3.50. The highest BCUT2D eigenvalue weighted by Gasteiger charge is 2.25. The van der Waals surface area contributed by atoms with Crippen LogP contribution < -0.4 is 0 Å². The smallest absolute Gasteiger partial charge is 0.254 e. The molecular formula is C20H18Cl2N2O3. The second kappa shape index (κ2) is 8.03. The predicted octanol–water partition coefficient (Wildman–Crippen LogP) is 3.84. The number of amides is 2. The highest BCUT2D eigenvalue weighted by Crippen LogP contribution is 2.39. The first-order chi connectivity index (χ1) is 12.9. The molecule has 0 radical (unpaired) electrons. The van der Waals surface area contributed by atoms with Crippen molar-refractivity contribution < 1.29 is 14.7 Å². The minimum absolute atomic E-state index is 0.140. The summed E-state index contributed by atoms with van der Waals surface area (Å²) in [7, 11) is 0. The quantitative estimate of drug-likeness (QED) is 0.790. The molecule has 0 saturated carbocycles. The largest absolute Gasteiger partial charge is 0.506 e. The van der Waals surface area contributed by atoms with Gasteiger partial charge in [0.05, 0.1) is 5.02 Å². The molecule has 1 N–H and O–H groups in total. The first kappa shape index (κ1) is 19.3. The van der Waals surface area contributed by atoms with E-state index in [9.17, 15) is 14.7 Å². The summed E-state index contributed by atoms with van der Waals surface area (Å²) >= 11 is 12.5. The molecule has 3 rings (SSSR count). The maximum absolute atomic E-state index is 12.9. The molecule has 2 aromatic carbocycles. The molecule has 7 heteroatoms. The molecule has 0 unspecified atom stereocenters. The molecule has 1 fully saturated rings. The lowest BCUT2D eigenvalue weighted by atomic mass is 10.0. The van der Waals surface area contributed by atoms with Crippen LogP contribution in [0.25, 0.3) is 11.1 Å². The Morgan fingerprint density at radius 2 is 1.63 bits per heavy atom. The minimum Gasteiger partial charge on any atom is -0.506 e. The van der Waals surface area contributed by atoms with Crippen molar-refractivity contribution in [2.45, 2.75) is 0 Å². The summed E-state index contributed by atoms with van der Waals surface area (Å²) < 4.78 is 0. The molecule has 0 bridgehead atoms. The average Bonchev–Trinajstić information content (AvgIpc) is 2.69. The van der Waals surface area contributed by atoms with E-state index in [2.05, 4.69) is 6.58 Å². The van der Waals surface area contributed by atoms with Crippen molar-refractivity contribution in [3.05, 3.63) is 64.7 Å². The summed E-state index contributed by atoms with van der Waals surface area (Å²) in [6, 6.07) is 10.1. The first-order valence-electron chi connectivity index (χ1n) is 8.40. The van der Waals surface area contributed by atoms with Crippen LogP contribution in [0.5, 0.6) is 5.75 Å². The highest BCUT2D eigenvalue weighted by atomic mass is 35.5. The van der Waals surface area contributed by atoms with E-state index < -0.39 is 0 Å². The summed E-state index contributed by atoms with van der Waals surface area (Å²) in [4.78, 5) is 27.9. The van der Waals surface area contributed by atoms with Crippen molar-refractivity contribution in [2.24, 2.45) is 0 Å². The van der Waals surface area contributed by atoms with Crippen LogP contribution in [-0.4, -0.2) is 52.9 Å². The van der Waals surface area contributed by atoms with E-state index in [-0.39, 0.29) is 22.6 Å². The Bertz CT molecular complexity index is 906. The standard InChI is InChI=1S/C20H18Cl2N2O3/c1-2-18(26)23-7-9-24(10-8-23)20(27)13-11-15(19(22)17(25)12-13)14-5-3-4-6-16(14)21/h2-6,11-12,25H,1,7-10H2. The van der Waals surface area contributed by atoms with Gasteiger partial charge in [0.25, 0.3) is 5.91 Å². The van der Waals surface area contributed by atoms with E-state index in [0.717, 1.165) is 0 Å². The van der Waals surface area contributed by atoms with Gasteiger partial charge in [0.15, 0.2) is 0 Å². The van der Waals surface area contributed by atoms with Crippen LogP contribution in [0.4, 0.5) is 0 Å². The molecule has 2 amide bonds. The van der Waals surface area contributed by atoms with Crippen molar-refractivity contribution in [3.8, 4) is 16.9 Å². The fourth-order valence-electron chi connectivity index (χ4n) is 3.05. The number of carbonyl (C=O) groups excluding carboxylic acids is 2. The number of rotatable bonds is 3. The third-order valence-electron chi connectivity index (χ3n) is 4.52. The van der Waals surface area contributed by atoms with Crippen molar-refractivity contribution in [2.75, 3.05) is 26.2 Å². The summed E-state index contributed by atoms with van der Waals surface area (Å²) in [6.07, 6.45) is 1.27. The third-order valence-corrected chi connectivity index (χ3v) is 5.24. The van der Waals surface area contributed by atoms with Gasteiger partial charge < -0.3 is 14.9 Å². The molecule has 1 heterocycles. The van der Waals surface area contributed by atoms with Gasteiger partial charge in [0, 0.05) is 47.9 Å². The van der Waals surface area contributed by atoms with Crippen LogP contribution in [0.2, 0.25) is 10.0 Å². The molecule has 5 nitrogen and oxygen atoms in total. The number of halogens is 2. The number of aromatic hydroxyl groups is 1. The number of phenols is 1. The van der Waals surface area contributed by atoms with E-state index in [1.807, 2.05) is 0 Å². The lowest BCUT2D eigenvalue weighted by Crippen LogP contribution is -2.50. The number of carbonyl (C=O) groups is 2. The van der Waals surface area contributed by atoms with E-state index in [1.165, 1.54) is 12.1 Å². The molecular weight excluding hydrogens is 387 g/mol. The second-order valence-corrected chi connectivity index (χ2v) is 6.94. The van der Waals surface area contributed by atoms with Crippen LogP contribution in [0.1, 0.15) is 10.4 Å². The minimum atomic E-state index is -0.235. The molecule has 1 aliphatic heterocycles. The lowest BCUT2D eigenvalue weighted by molar-refractivity contribution is -0.127. The summed E-state index contributed by atoms with van der Waals surface area (Å²) in [5.41, 5.74) is 1.44. The lowest BCUT2D eigenvalue weighted by Gasteiger charge is -2.34. The zero-order valence-corrected chi connectivity index (χ0v) is 16.0. The van der Waals surface area contributed by atoms with E-state index in [1.54, 1.807) is 40.1 Å². The number of piperazine rings is 1. The van der Waals surface area contributed by atoms with Gasteiger partial charge in [-0.1, -0.05) is 48.0 Å². The Morgan fingerprint density at radius 1 is 1.00 bits per heavy atom. The molecule has 0 aliphatic carbocycles. The first-order valence-corrected chi connectivity index (χ1v) is 9.16. The summed E-state index contributed by atoms with van der Waals surface area (Å²) in [6.45, 7) is 5.17. The maximum atomic E-state index is 12.9. The van der Waals surface area contributed by atoms with Gasteiger partial charge in [0.2, 0.25) is 5.91 Å². The summed E-state index contributed by atoms with van der Waals surface area (Å²) in [5.74, 6) is -0.564. The molecule has 140 valence electrons. The number of hydrogen-bond acceptors (Lipinski definition) is 3. The van der Waals surface area contributed by atoms with Gasteiger partial charge in [-0.3, -0.25) is 9.59 Å². The normalized spacial score (nSPS) is 14.1. The molecule has 0 aromatic heterocycles. The van der Waals surface area contributed by atoms with Crippen LogP contribution >= 0.6 is 23.2 Å². The maximum Gasteiger partial charge on any atom is 0.254 e. The zero-order chi connectivity index (χ0) is 19.6. The molecule has 1 aliphatic rings. The predicted molar refractivity (Wildman–Crippen MR) is 106 cm³/mol. The average molecular weight is 405 g/mol. The Morgan fingerprint density at radius 3 is 2.26 bits per heavy atom. The van der Waals surface area contributed by atoms with Crippen molar-refractivity contribution in [1.29, 1.82) is 0 Å². The Hall–Kier alpha value is -2.50. The van der Waals surface area contributed by atoms with Gasteiger partial charge >= 0.3 is 0 Å². The van der Waals surface area contributed by atoms with Gasteiger partial charge in [-0.25, -0.2) is 0 Å².